The van der Waals surface area contributed by atoms with Gasteiger partial charge in [0.1, 0.15) is 0 Å². The predicted octanol–water partition coefficient (Wildman–Crippen LogP) is 2.11. The third-order valence-corrected chi connectivity index (χ3v) is 4.78. The zero-order chi connectivity index (χ0) is 12.9. The Kier molecular flexibility index (Phi) is 5.80. The van der Waals surface area contributed by atoms with Crippen molar-refractivity contribution in [2.75, 3.05) is 25.4 Å². The van der Waals surface area contributed by atoms with E-state index in [2.05, 4.69) is 13.8 Å². The second kappa shape index (κ2) is 6.64. The van der Waals surface area contributed by atoms with Crippen LogP contribution in [0.15, 0.2) is 0 Å². The van der Waals surface area contributed by atoms with E-state index < -0.39 is 0 Å². The molecule has 0 radical (unpaired) electrons. The van der Waals surface area contributed by atoms with Crippen molar-refractivity contribution in [1.29, 1.82) is 0 Å². The number of nitrogens with two attached hydrogens (primary N) is 1. The highest BCUT2D eigenvalue weighted by Crippen LogP contribution is 2.31. The molecule has 0 saturated carbocycles. The van der Waals surface area contributed by atoms with E-state index in [9.17, 15) is 4.79 Å². The van der Waals surface area contributed by atoms with E-state index in [0.717, 1.165) is 38.1 Å². The molecule has 1 amide bonds. The third kappa shape index (κ3) is 4.88. The van der Waals surface area contributed by atoms with Crippen molar-refractivity contribution in [1.82, 2.24) is 4.90 Å². The Bertz CT molecular complexity index is 256. The SMILES string of the molecule is CC(CCCN)C(=O)N1CCSC(C)(C)CC1. The van der Waals surface area contributed by atoms with Gasteiger partial charge in [-0.1, -0.05) is 20.8 Å². The molecule has 0 aromatic heterocycles. The lowest BCUT2D eigenvalue weighted by atomic mass is 10.0. The Morgan fingerprint density at radius 3 is 2.82 bits per heavy atom. The number of carbonyl (C=O) groups is 1. The molecule has 1 unspecified atom stereocenters. The van der Waals surface area contributed by atoms with Gasteiger partial charge in [-0.3, -0.25) is 4.79 Å². The van der Waals surface area contributed by atoms with E-state index in [1.807, 2.05) is 23.6 Å². The number of thioether (sulfide) groups is 1. The number of amides is 1. The molecule has 4 heteroatoms. The van der Waals surface area contributed by atoms with Gasteiger partial charge in [-0.05, 0) is 25.8 Å². The highest BCUT2D eigenvalue weighted by Gasteiger charge is 2.27. The van der Waals surface area contributed by atoms with Crippen molar-refractivity contribution in [3.05, 3.63) is 0 Å². The van der Waals surface area contributed by atoms with Crippen LogP contribution >= 0.6 is 11.8 Å². The molecule has 1 heterocycles. The number of hydrogen-bond acceptors (Lipinski definition) is 3. The van der Waals surface area contributed by atoms with E-state index in [-0.39, 0.29) is 5.92 Å². The third-order valence-electron chi connectivity index (χ3n) is 3.41. The second-order valence-electron chi connectivity index (χ2n) is 5.52. The van der Waals surface area contributed by atoms with E-state index in [0.29, 0.717) is 17.2 Å². The summed E-state index contributed by atoms with van der Waals surface area (Å²) in [5.41, 5.74) is 5.49. The fourth-order valence-electron chi connectivity index (χ4n) is 2.10. The summed E-state index contributed by atoms with van der Waals surface area (Å²) in [4.78, 5) is 14.3. The van der Waals surface area contributed by atoms with Gasteiger partial charge in [0.25, 0.3) is 0 Å². The van der Waals surface area contributed by atoms with Crippen LogP contribution < -0.4 is 5.73 Å². The molecule has 17 heavy (non-hydrogen) atoms. The topological polar surface area (TPSA) is 46.3 Å². The average Bonchev–Trinajstić information content (AvgIpc) is 2.46. The van der Waals surface area contributed by atoms with Crippen LogP contribution in [-0.2, 0) is 4.79 Å². The molecule has 100 valence electrons. The fourth-order valence-corrected chi connectivity index (χ4v) is 3.20. The van der Waals surface area contributed by atoms with Crippen LogP contribution in [0, 0.1) is 5.92 Å². The van der Waals surface area contributed by atoms with E-state index in [1.54, 1.807) is 0 Å². The summed E-state index contributed by atoms with van der Waals surface area (Å²) < 4.78 is 0.315. The summed E-state index contributed by atoms with van der Waals surface area (Å²) >= 11 is 1.98. The van der Waals surface area contributed by atoms with Crippen LogP contribution in [-0.4, -0.2) is 40.9 Å². The van der Waals surface area contributed by atoms with Gasteiger partial charge < -0.3 is 10.6 Å². The van der Waals surface area contributed by atoms with Crippen molar-refractivity contribution in [2.24, 2.45) is 11.7 Å². The first-order chi connectivity index (χ1) is 7.96. The molecule has 1 fully saturated rings. The minimum atomic E-state index is 0.129. The maximum Gasteiger partial charge on any atom is 0.225 e. The van der Waals surface area contributed by atoms with Crippen LogP contribution in [0.2, 0.25) is 0 Å². The Labute approximate surface area is 109 Å². The Hall–Kier alpha value is -0.220. The summed E-state index contributed by atoms with van der Waals surface area (Å²) in [6, 6.07) is 0. The minimum absolute atomic E-state index is 0.129. The summed E-state index contributed by atoms with van der Waals surface area (Å²) in [6.07, 6.45) is 2.95. The lowest BCUT2D eigenvalue weighted by Gasteiger charge is -2.25. The molecule has 0 aromatic carbocycles. The van der Waals surface area contributed by atoms with E-state index in [1.165, 1.54) is 0 Å². The highest BCUT2D eigenvalue weighted by molar-refractivity contribution is 8.00. The smallest absolute Gasteiger partial charge is 0.225 e. The van der Waals surface area contributed by atoms with Crippen molar-refractivity contribution >= 4 is 17.7 Å². The summed E-state index contributed by atoms with van der Waals surface area (Å²) in [7, 11) is 0. The number of carbonyl (C=O) groups excluding carboxylic acids is 1. The first-order valence-electron chi connectivity index (χ1n) is 6.59. The zero-order valence-corrected chi connectivity index (χ0v) is 12.2. The standard InChI is InChI=1S/C13H26N2OS/c1-11(5-4-7-14)12(16)15-8-6-13(2,3)17-10-9-15/h11H,4-10,14H2,1-3H3. The van der Waals surface area contributed by atoms with Crippen molar-refractivity contribution in [3.8, 4) is 0 Å². The minimum Gasteiger partial charge on any atom is -0.342 e. The molecule has 0 aliphatic carbocycles. The second-order valence-corrected chi connectivity index (χ2v) is 7.32. The van der Waals surface area contributed by atoms with Gasteiger partial charge in [0, 0.05) is 29.5 Å². The highest BCUT2D eigenvalue weighted by atomic mass is 32.2. The van der Waals surface area contributed by atoms with Crippen molar-refractivity contribution in [2.45, 2.75) is 44.8 Å². The molecule has 3 nitrogen and oxygen atoms in total. The quantitative estimate of drug-likeness (QED) is 0.840. The molecule has 0 spiro atoms. The molecule has 0 bridgehead atoms. The van der Waals surface area contributed by atoms with Crippen molar-refractivity contribution in [3.63, 3.8) is 0 Å². The number of hydrogen-bond donors (Lipinski definition) is 1. The maximum absolute atomic E-state index is 12.2. The largest absolute Gasteiger partial charge is 0.342 e. The molecular weight excluding hydrogens is 232 g/mol. The molecule has 1 saturated heterocycles. The first-order valence-corrected chi connectivity index (χ1v) is 7.57. The molecular formula is C13H26N2OS. The zero-order valence-electron chi connectivity index (χ0n) is 11.4. The number of rotatable bonds is 4. The molecule has 1 aliphatic rings. The normalized spacial score (nSPS) is 22.0. The molecule has 2 N–H and O–H groups in total. The van der Waals surface area contributed by atoms with Crippen LogP contribution in [0.5, 0.6) is 0 Å². The van der Waals surface area contributed by atoms with Crippen molar-refractivity contribution < 1.29 is 4.79 Å². The van der Waals surface area contributed by atoms with E-state index in [4.69, 9.17) is 5.73 Å². The summed E-state index contributed by atoms with van der Waals surface area (Å²) in [6.45, 7) is 9.06. The molecule has 1 rings (SSSR count). The van der Waals surface area contributed by atoms with Crippen LogP contribution in [0.25, 0.3) is 0 Å². The first kappa shape index (κ1) is 14.8. The monoisotopic (exact) mass is 258 g/mol. The van der Waals surface area contributed by atoms with Crippen LogP contribution in [0.1, 0.15) is 40.0 Å². The predicted molar refractivity (Wildman–Crippen MR) is 75.2 cm³/mol. The van der Waals surface area contributed by atoms with Gasteiger partial charge in [0.15, 0.2) is 0 Å². The van der Waals surface area contributed by atoms with Crippen LogP contribution in [0.3, 0.4) is 0 Å². The molecule has 1 aliphatic heterocycles. The number of nitrogens with zero attached hydrogens (tertiary/aromatic N) is 1. The lowest BCUT2D eigenvalue weighted by Crippen LogP contribution is -2.37. The Balaban J connectivity index is 2.46. The van der Waals surface area contributed by atoms with Gasteiger partial charge in [-0.15, -0.1) is 0 Å². The van der Waals surface area contributed by atoms with Gasteiger partial charge in [-0.25, -0.2) is 0 Å². The van der Waals surface area contributed by atoms with Gasteiger partial charge in [-0.2, -0.15) is 11.8 Å². The Morgan fingerprint density at radius 1 is 1.47 bits per heavy atom. The van der Waals surface area contributed by atoms with Gasteiger partial charge in [0.05, 0.1) is 0 Å². The average molecular weight is 258 g/mol. The van der Waals surface area contributed by atoms with Gasteiger partial charge >= 0.3 is 0 Å². The lowest BCUT2D eigenvalue weighted by molar-refractivity contribution is -0.135. The van der Waals surface area contributed by atoms with Gasteiger partial charge in [0.2, 0.25) is 5.91 Å². The van der Waals surface area contributed by atoms with E-state index >= 15 is 0 Å². The Morgan fingerprint density at radius 2 is 2.18 bits per heavy atom. The summed E-state index contributed by atoms with van der Waals surface area (Å²) in [5, 5.41) is 0. The molecule has 1 atom stereocenters. The maximum atomic E-state index is 12.2. The summed E-state index contributed by atoms with van der Waals surface area (Å²) in [5.74, 6) is 1.50. The molecule has 0 aromatic rings. The van der Waals surface area contributed by atoms with Crippen LogP contribution in [0.4, 0.5) is 0 Å². The fraction of sp³-hybridized carbons (Fsp3) is 0.923.